The molecule has 2 saturated heterocycles. The Labute approximate surface area is 128 Å². The number of nitrogens with one attached hydrogen (secondary N) is 1. The van der Waals surface area contributed by atoms with Gasteiger partial charge in [0.15, 0.2) is 11.4 Å². The standard InChI is InChI=1S/C15H18ClNO4/c1-14-10(7-8-16)12(19)17-15(14,13(20)21-14)11(18)9-5-3-2-4-6-9/h3,5,9-10H,2,4,6-8H2,1H3,(H,17,19)/t9-,10?,14+,15+/m1/s1. The molecule has 4 atom stereocenters. The van der Waals surface area contributed by atoms with E-state index in [0.717, 1.165) is 12.8 Å². The van der Waals surface area contributed by atoms with Crippen LogP contribution in [0.2, 0.25) is 0 Å². The number of hydrogen-bond donors (Lipinski definition) is 1. The fourth-order valence-corrected chi connectivity index (χ4v) is 3.98. The van der Waals surface area contributed by atoms with Gasteiger partial charge in [-0.25, -0.2) is 4.79 Å². The normalized spacial score (nSPS) is 41.0. The molecule has 3 rings (SSSR count). The molecular weight excluding hydrogens is 294 g/mol. The highest BCUT2D eigenvalue weighted by Crippen LogP contribution is 2.51. The summed E-state index contributed by atoms with van der Waals surface area (Å²) in [6.45, 7) is 1.66. The Morgan fingerprint density at radius 2 is 2.29 bits per heavy atom. The van der Waals surface area contributed by atoms with Crippen molar-refractivity contribution in [1.29, 1.82) is 0 Å². The topological polar surface area (TPSA) is 72.5 Å². The van der Waals surface area contributed by atoms with Crippen molar-refractivity contribution in [3.05, 3.63) is 12.2 Å². The number of alkyl halides is 1. The lowest BCUT2D eigenvalue weighted by Crippen LogP contribution is -2.78. The van der Waals surface area contributed by atoms with E-state index < -0.39 is 23.0 Å². The van der Waals surface area contributed by atoms with Crippen LogP contribution in [0.4, 0.5) is 0 Å². The fraction of sp³-hybridized carbons (Fsp3) is 0.667. The van der Waals surface area contributed by atoms with Crippen molar-refractivity contribution in [3.8, 4) is 0 Å². The minimum absolute atomic E-state index is 0.248. The number of allylic oxidation sites excluding steroid dienone is 2. The summed E-state index contributed by atoms with van der Waals surface area (Å²) in [4.78, 5) is 37.2. The molecule has 2 heterocycles. The van der Waals surface area contributed by atoms with Gasteiger partial charge in [-0.1, -0.05) is 12.2 Å². The molecule has 0 bridgehead atoms. The first-order chi connectivity index (χ1) is 9.97. The third kappa shape index (κ3) is 1.73. The number of carbonyl (C=O) groups excluding carboxylic acids is 3. The molecule has 114 valence electrons. The van der Waals surface area contributed by atoms with Crippen LogP contribution in [-0.2, 0) is 19.1 Å². The molecule has 2 fully saturated rings. The van der Waals surface area contributed by atoms with Crippen molar-refractivity contribution in [1.82, 2.24) is 5.32 Å². The van der Waals surface area contributed by atoms with Crippen molar-refractivity contribution in [3.63, 3.8) is 0 Å². The van der Waals surface area contributed by atoms with Crippen LogP contribution in [0.25, 0.3) is 0 Å². The molecule has 0 aromatic carbocycles. The molecule has 1 amide bonds. The number of Topliss-reactive ketones (excluding diaryl/α,β-unsaturated/α-hetero) is 1. The number of fused-ring (bicyclic) bond motifs is 1. The Balaban J connectivity index is 1.96. The van der Waals surface area contributed by atoms with Crippen LogP contribution < -0.4 is 5.32 Å². The lowest BCUT2D eigenvalue weighted by atomic mass is 9.65. The zero-order chi connectivity index (χ0) is 15.3. The van der Waals surface area contributed by atoms with Gasteiger partial charge in [0.05, 0.1) is 5.92 Å². The molecule has 6 heteroatoms. The van der Waals surface area contributed by atoms with Crippen LogP contribution in [0.5, 0.6) is 0 Å². The summed E-state index contributed by atoms with van der Waals surface area (Å²) >= 11 is 5.74. The first-order valence-electron chi connectivity index (χ1n) is 7.30. The number of esters is 1. The highest BCUT2D eigenvalue weighted by atomic mass is 35.5. The third-order valence-electron chi connectivity index (χ3n) is 5.01. The zero-order valence-corrected chi connectivity index (χ0v) is 12.6. The Hall–Kier alpha value is -1.36. The maximum absolute atomic E-state index is 12.9. The Kier molecular flexibility index (Phi) is 3.35. The van der Waals surface area contributed by atoms with E-state index in [1.54, 1.807) is 6.92 Å². The summed E-state index contributed by atoms with van der Waals surface area (Å²) in [5, 5.41) is 2.63. The monoisotopic (exact) mass is 311 g/mol. The molecule has 2 aliphatic heterocycles. The Morgan fingerprint density at radius 3 is 2.86 bits per heavy atom. The average Bonchev–Trinajstić information content (AvgIpc) is 2.65. The fourth-order valence-electron chi connectivity index (χ4n) is 3.76. The van der Waals surface area contributed by atoms with E-state index in [1.165, 1.54) is 0 Å². The second kappa shape index (κ2) is 4.83. The second-order valence-corrected chi connectivity index (χ2v) is 6.47. The highest BCUT2D eigenvalue weighted by molar-refractivity contribution is 6.21. The second-order valence-electron chi connectivity index (χ2n) is 6.10. The molecule has 0 spiro atoms. The molecule has 0 radical (unpaired) electrons. The molecule has 0 aromatic rings. The highest BCUT2D eigenvalue weighted by Gasteiger charge is 2.79. The van der Waals surface area contributed by atoms with Gasteiger partial charge in [-0.05, 0) is 32.6 Å². The number of ketones is 1. The molecule has 0 saturated carbocycles. The van der Waals surface area contributed by atoms with Gasteiger partial charge in [0.25, 0.3) is 0 Å². The maximum Gasteiger partial charge on any atom is 0.344 e. The number of carbonyl (C=O) groups is 3. The van der Waals surface area contributed by atoms with Crippen molar-refractivity contribution in [2.24, 2.45) is 11.8 Å². The molecule has 0 aromatic heterocycles. The number of rotatable bonds is 4. The van der Waals surface area contributed by atoms with Crippen molar-refractivity contribution >= 4 is 29.3 Å². The van der Waals surface area contributed by atoms with Crippen LogP contribution in [0.3, 0.4) is 0 Å². The van der Waals surface area contributed by atoms with Gasteiger partial charge in [0, 0.05) is 11.8 Å². The number of amides is 1. The van der Waals surface area contributed by atoms with Gasteiger partial charge >= 0.3 is 5.97 Å². The minimum Gasteiger partial charge on any atom is -0.453 e. The Morgan fingerprint density at radius 1 is 1.52 bits per heavy atom. The summed E-state index contributed by atoms with van der Waals surface area (Å²) in [5.41, 5.74) is -2.63. The van der Waals surface area contributed by atoms with Gasteiger partial charge in [-0.15, -0.1) is 11.6 Å². The predicted molar refractivity (Wildman–Crippen MR) is 75.7 cm³/mol. The summed E-state index contributed by atoms with van der Waals surface area (Å²) in [7, 11) is 0. The first kappa shape index (κ1) is 14.6. The van der Waals surface area contributed by atoms with E-state index in [0.29, 0.717) is 12.8 Å². The lowest BCUT2D eigenvalue weighted by molar-refractivity contribution is -0.218. The summed E-state index contributed by atoms with van der Waals surface area (Å²) < 4.78 is 5.28. The summed E-state index contributed by atoms with van der Waals surface area (Å²) in [5.74, 6) is -1.83. The van der Waals surface area contributed by atoms with E-state index in [4.69, 9.17) is 16.3 Å². The quantitative estimate of drug-likeness (QED) is 0.368. The number of hydrogen-bond acceptors (Lipinski definition) is 4. The third-order valence-corrected chi connectivity index (χ3v) is 5.22. The SMILES string of the molecule is C[C@@]12OC(=O)[C@]1(C(=O)[C@@H]1C=CCCC1)NC(=O)C2CCCl. The van der Waals surface area contributed by atoms with E-state index in [-0.39, 0.29) is 23.5 Å². The minimum atomic E-state index is -1.52. The molecule has 5 nitrogen and oxygen atoms in total. The van der Waals surface area contributed by atoms with Gasteiger partial charge in [0.1, 0.15) is 0 Å². The zero-order valence-electron chi connectivity index (χ0n) is 11.9. The van der Waals surface area contributed by atoms with Crippen LogP contribution >= 0.6 is 11.6 Å². The van der Waals surface area contributed by atoms with Gasteiger partial charge in [0.2, 0.25) is 11.4 Å². The summed E-state index contributed by atoms with van der Waals surface area (Å²) in [6.07, 6.45) is 6.74. The first-order valence-corrected chi connectivity index (χ1v) is 7.83. The Bertz CT molecular complexity index is 546. The van der Waals surface area contributed by atoms with Gasteiger partial charge < -0.3 is 10.1 Å². The van der Waals surface area contributed by atoms with Crippen LogP contribution in [0, 0.1) is 11.8 Å². The largest absolute Gasteiger partial charge is 0.453 e. The van der Waals surface area contributed by atoms with Crippen LogP contribution in [0.15, 0.2) is 12.2 Å². The molecule has 3 aliphatic rings. The smallest absolute Gasteiger partial charge is 0.344 e. The van der Waals surface area contributed by atoms with E-state index in [9.17, 15) is 14.4 Å². The van der Waals surface area contributed by atoms with Gasteiger partial charge in [-0.3, -0.25) is 9.59 Å². The van der Waals surface area contributed by atoms with Crippen LogP contribution in [-0.4, -0.2) is 34.7 Å². The molecular formula is C15H18ClNO4. The number of halogens is 1. The van der Waals surface area contributed by atoms with Gasteiger partial charge in [-0.2, -0.15) is 0 Å². The average molecular weight is 312 g/mol. The van der Waals surface area contributed by atoms with Crippen molar-refractivity contribution < 1.29 is 19.1 Å². The predicted octanol–water partition coefficient (Wildman–Crippen LogP) is 1.34. The molecule has 1 aliphatic carbocycles. The molecule has 1 unspecified atom stereocenters. The van der Waals surface area contributed by atoms with Crippen LogP contribution in [0.1, 0.15) is 32.6 Å². The van der Waals surface area contributed by atoms with E-state index in [2.05, 4.69) is 5.32 Å². The maximum atomic E-state index is 12.9. The van der Waals surface area contributed by atoms with E-state index in [1.807, 2.05) is 12.2 Å². The summed E-state index contributed by atoms with van der Waals surface area (Å²) in [6, 6.07) is 0. The number of ether oxygens (including phenoxy) is 1. The lowest BCUT2D eigenvalue weighted by Gasteiger charge is -2.50. The van der Waals surface area contributed by atoms with E-state index >= 15 is 0 Å². The van der Waals surface area contributed by atoms with Crippen molar-refractivity contribution in [2.75, 3.05) is 5.88 Å². The molecule has 1 N–H and O–H groups in total. The molecule has 21 heavy (non-hydrogen) atoms. The van der Waals surface area contributed by atoms with Crippen molar-refractivity contribution in [2.45, 2.75) is 43.7 Å².